The number of nitrogens with zero attached hydrogens (tertiary/aromatic N) is 2. The molecule has 146 valence electrons. The number of pyridine rings is 1. The van der Waals surface area contributed by atoms with Gasteiger partial charge in [0.15, 0.2) is 5.43 Å². The Kier molecular flexibility index (Phi) is 5.86. The minimum Gasteiger partial charge on any atom is -0.379 e. The van der Waals surface area contributed by atoms with E-state index in [2.05, 4.69) is 14.8 Å². The van der Waals surface area contributed by atoms with E-state index in [0.717, 1.165) is 58.1 Å². The van der Waals surface area contributed by atoms with Crippen molar-refractivity contribution in [1.29, 1.82) is 0 Å². The van der Waals surface area contributed by atoms with Gasteiger partial charge in [-0.05, 0) is 50.6 Å². The van der Waals surface area contributed by atoms with Gasteiger partial charge >= 0.3 is 0 Å². The van der Waals surface area contributed by atoms with Crippen LogP contribution < -0.4 is 5.43 Å². The molecule has 0 aliphatic carbocycles. The van der Waals surface area contributed by atoms with E-state index in [1.165, 1.54) is 31.4 Å². The SMILES string of the molecule is O=c1cc(CN2CCCC[C@@H]2CCN2CCOCC2)[nH]c2ccc(F)cc12. The average Bonchev–Trinajstić information content (AvgIpc) is 2.69. The van der Waals surface area contributed by atoms with Gasteiger partial charge in [0.25, 0.3) is 0 Å². The number of likely N-dealkylation sites (tertiary alicyclic amines) is 1. The number of aromatic nitrogens is 1. The van der Waals surface area contributed by atoms with Crippen molar-refractivity contribution < 1.29 is 9.13 Å². The van der Waals surface area contributed by atoms with Crippen molar-refractivity contribution in [2.75, 3.05) is 39.4 Å². The van der Waals surface area contributed by atoms with Crippen molar-refractivity contribution in [2.45, 2.75) is 38.3 Å². The zero-order chi connectivity index (χ0) is 18.6. The largest absolute Gasteiger partial charge is 0.379 e. The third-order valence-electron chi connectivity index (χ3n) is 5.85. The summed E-state index contributed by atoms with van der Waals surface area (Å²) in [5.74, 6) is -0.375. The van der Waals surface area contributed by atoms with E-state index >= 15 is 0 Å². The number of hydrogen-bond donors (Lipinski definition) is 1. The molecule has 2 aliphatic rings. The van der Waals surface area contributed by atoms with Crippen LogP contribution in [0, 0.1) is 5.82 Å². The Morgan fingerprint density at radius 1 is 1.15 bits per heavy atom. The number of morpholine rings is 1. The van der Waals surface area contributed by atoms with Crippen LogP contribution in [0.4, 0.5) is 4.39 Å². The second kappa shape index (κ2) is 8.50. The fraction of sp³-hybridized carbons (Fsp3) is 0.571. The molecule has 2 aromatic rings. The van der Waals surface area contributed by atoms with Gasteiger partial charge in [-0.15, -0.1) is 0 Å². The van der Waals surface area contributed by atoms with Gasteiger partial charge in [-0.3, -0.25) is 14.6 Å². The lowest BCUT2D eigenvalue weighted by Crippen LogP contribution is -2.43. The van der Waals surface area contributed by atoms with Crippen LogP contribution in [0.2, 0.25) is 0 Å². The first kappa shape index (κ1) is 18.6. The van der Waals surface area contributed by atoms with Crippen LogP contribution in [0.15, 0.2) is 29.1 Å². The van der Waals surface area contributed by atoms with Crippen molar-refractivity contribution in [1.82, 2.24) is 14.8 Å². The highest BCUT2D eigenvalue weighted by Gasteiger charge is 2.24. The molecule has 5 nitrogen and oxygen atoms in total. The molecule has 2 saturated heterocycles. The summed E-state index contributed by atoms with van der Waals surface area (Å²) in [4.78, 5) is 20.7. The molecule has 3 heterocycles. The van der Waals surface area contributed by atoms with Crippen molar-refractivity contribution in [3.63, 3.8) is 0 Å². The number of ether oxygens (including phenoxy) is 1. The summed E-state index contributed by atoms with van der Waals surface area (Å²) in [7, 11) is 0. The van der Waals surface area contributed by atoms with Crippen LogP contribution >= 0.6 is 0 Å². The quantitative estimate of drug-likeness (QED) is 0.876. The predicted octanol–water partition coefficient (Wildman–Crippen LogP) is 2.74. The van der Waals surface area contributed by atoms with Gasteiger partial charge in [0.2, 0.25) is 0 Å². The molecule has 1 aromatic heterocycles. The molecule has 0 spiro atoms. The smallest absolute Gasteiger partial charge is 0.189 e. The number of piperidine rings is 1. The molecule has 0 bridgehead atoms. The van der Waals surface area contributed by atoms with E-state index in [4.69, 9.17) is 4.74 Å². The van der Waals surface area contributed by atoms with Crippen molar-refractivity contribution >= 4 is 10.9 Å². The van der Waals surface area contributed by atoms with Crippen LogP contribution in [0.25, 0.3) is 10.9 Å². The minimum absolute atomic E-state index is 0.111. The Bertz CT molecular complexity index is 832. The number of hydrogen-bond acceptors (Lipinski definition) is 4. The lowest BCUT2D eigenvalue weighted by Gasteiger charge is -2.37. The van der Waals surface area contributed by atoms with E-state index in [9.17, 15) is 9.18 Å². The number of fused-ring (bicyclic) bond motifs is 1. The van der Waals surface area contributed by atoms with E-state index in [1.807, 2.05) is 0 Å². The van der Waals surface area contributed by atoms with Crippen LogP contribution in [-0.4, -0.2) is 60.2 Å². The Hall–Kier alpha value is -1.76. The zero-order valence-corrected chi connectivity index (χ0v) is 15.8. The van der Waals surface area contributed by atoms with E-state index in [1.54, 1.807) is 12.1 Å². The molecule has 6 heteroatoms. The molecule has 0 radical (unpaired) electrons. The fourth-order valence-corrected chi connectivity index (χ4v) is 4.33. The number of nitrogens with one attached hydrogen (secondary N) is 1. The number of benzene rings is 1. The lowest BCUT2D eigenvalue weighted by molar-refractivity contribution is 0.0301. The van der Waals surface area contributed by atoms with Gasteiger partial charge in [0.05, 0.1) is 13.2 Å². The van der Waals surface area contributed by atoms with Crippen molar-refractivity contribution in [2.24, 2.45) is 0 Å². The molecule has 1 N–H and O–H groups in total. The van der Waals surface area contributed by atoms with Gasteiger partial charge in [-0.2, -0.15) is 0 Å². The minimum atomic E-state index is -0.375. The Balaban J connectivity index is 1.45. The van der Waals surface area contributed by atoms with Crippen LogP contribution in [0.5, 0.6) is 0 Å². The van der Waals surface area contributed by atoms with Crippen molar-refractivity contribution in [3.05, 3.63) is 46.0 Å². The highest BCUT2D eigenvalue weighted by Crippen LogP contribution is 2.22. The van der Waals surface area contributed by atoms with Gasteiger partial charge in [-0.1, -0.05) is 6.42 Å². The molecule has 0 unspecified atom stereocenters. The molecule has 0 amide bonds. The van der Waals surface area contributed by atoms with Crippen LogP contribution in [-0.2, 0) is 11.3 Å². The van der Waals surface area contributed by atoms with Gasteiger partial charge in [-0.25, -0.2) is 4.39 Å². The van der Waals surface area contributed by atoms with Gasteiger partial charge < -0.3 is 9.72 Å². The van der Waals surface area contributed by atoms with Crippen molar-refractivity contribution in [3.8, 4) is 0 Å². The Morgan fingerprint density at radius 3 is 2.85 bits per heavy atom. The monoisotopic (exact) mass is 373 g/mol. The number of aromatic amines is 1. The zero-order valence-electron chi connectivity index (χ0n) is 15.8. The standard InChI is InChI=1S/C21H28FN3O2/c22-16-4-5-20-19(13-16)21(26)14-17(23-20)15-25-7-2-1-3-18(25)6-8-24-9-11-27-12-10-24/h4-5,13-14,18H,1-3,6-12,15H2,(H,23,26)/t18-/m1/s1. The Morgan fingerprint density at radius 2 is 2.00 bits per heavy atom. The third-order valence-corrected chi connectivity index (χ3v) is 5.85. The number of rotatable bonds is 5. The first-order valence-electron chi connectivity index (χ1n) is 10.0. The van der Waals surface area contributed by atoms with Gasteiger partial charge in [0.1, 0.15) is 5.82 Å². The Labute approximate surface area is 159 Å². The van der Waals surface area contributed by atoms with Gasteiger partial charge in [0, 0.05) is 48.3 Å². The topological polar surface area (TPSA) is 48.6 Å². The maximum Gasteiger partial charge on any atom is 0.189 e. The van der Waals surface area contributed by atoms with E-state index < -0.39 is 0 Å². The molecule has 0 saturated carbocycles. The molecule has 2 aliphatic heterocycles. The summed E-state index contributed by atoms with van der Waals surface area (Å²) < 4.78 is 18.8. The summed E-state index contributed by atoms with van der Waals surface area (Å²) in [5.41, 5.74) is 1.51. The first-order chi connectivity index (χ1) is 13.2. The average molecular weight is 373 g/mol. The second-order valence-electron chi connectivity index (χ2n) is 7.71. The summed E-state index contributed by atoms with van der Waals surface area (Å²) in [6.45, 7) is 6.66. The molecule has 1 atom stereocenters. The number of halogens is 1. The molecule has 1 aromatic carbocycles. The third kappa shape index (κ3) is 4.57. The molecule has 27 heavy (non-hydrogen) atoms. The highest BCUT2D eigenvalue weighted by atomic mass is 19.1. The summed E-state index contributed by atoms with van der Waals surface area (Å²) in [5, 5.41) is 0.418. The van der Waals surface area contributed by atoms with E-state index in [0.29, 0.717) is 16.9 Å². The maximum absolute atomic E-state index is 13.4. The molecule has 4 rings (SSSR count). The summed E-state index contributed by atoms with van der Waals surface area (Å²) >= 11 is 0. The summed E-state index contributed by atoms with van der Waals surface area (Å²) in [6.07, 6.45) is 4.85. The fourth-order valence-electron chi connectivity index (χ4n) is 4.33. The molecular weight excluding hydrogens is 345 g/mol. The molecular formula is C21H28FN3O2. The predicted molar refractivity (Wildman–Crippen MR) is 104 cm³/mol. The lowest BCUT2D eigenvalue weighted by atomic mass is 9.98. The van der Waals surface area contributed by atoms with Crippen LogP contribution in [0.1, 0.15) is 31.4 Å². The van der Waals surface area contributed by atoms with Crippen LogP contribution in [0.3, 0.4) is 0 Å². The molecule has 2 fully saturated rings. The first-order valence-corrected chi connectivity index (χ1v) is 10.0. The van der Waals surface area contributed by atoms with E-state index in [-0.39, 0.29) is 11.2 Å². The second-order valence-corrected chi connectivity index (χ2v) is 7.71. The summed E-state index contributed by atoms with van der Waals surface area (Å²) in [6, 6.07) is 6.55. The highest BCUT2D eigenvalue weighted by molar-refractivity contribution is 5.78. The maximum atomic E-state index is 13.4. The normalized spacial score (nSPS) is 22.3. The number of H-pyrrole nitrogens is 1.